The summed E-state index contributed by atoms with van der Waals surface area (Å²) in [4.78, 5) is 14.3. The molecule has 7 heteroatoms. The van der Waals surface area contributed by atoms with Crippen LogP contribution in [0, 0.1) is 5.82 Å². The highest BCUT2D eigenvalue weighted by atomic mass is 35.5. The number of anilines is 1. The Morgan fingerprint density at radius 1 is 1.17 bits per heavy atom. The van der Waals surface area contributed by atoms with Crippen LogP contribution in [-0.4, -0.2) is 10.2 Å². The van der Waals surface area contributed by atoms with Gasteiger partial charge in [-0.25, -0.2) is 4.39 Å². The smallest absolute Gasteiger partial charge is 0.268 e. The molecule has 0 bridgehead atoms. The monoisotopic (exact) mass is 383 g/mol. The van der Waals surface area contributed by atoms with Gasteiger partial charge >= 0.3 is 0 Å². The van der Waals surface area contributed by atoms with Crippen LogP contribution in [0.1, 0.15) is 5.56 Å². The quantitative estimate of drug-likeness (QED) is 0.501. The topological polar surface area (TPSA) is 20.3 Å². The Labute approximate surface area is 151 Å². The zero-order valence-corrected chi connectivity index (χ0v) is 14.6. The van der Waals surface area contributed by atoms with E-state index in [-0.39, 0.29) is 5.91 Å². The van der Waals surface area contributed by atoms with Crippen LogP contribution in [0.25, 0.3) is 6.08 Å². The minimum atomic E-state index is -0.429. The molecule has 1 fully saturated rings. The van der Waals surface area contributed by atoms with E-state index in [0.717, 1.165) is 11.8 Å². The van der Waals surface area contributed by atoms with Crippen molar-refractivity contribution in [1.82, 2.24) is 0 Å². The lowest BCUT2D eigenvalue weighted by molar-refractivity contribution is -0.113. The number of amides is 1. The summed E-state index contributed by atoms with van der Waals surface area (Å²) in [5.41, 5.74) is 1.06. The molecular formula is C16H8Cl2FNOS2. The second-order valence-corrected chi connectivity index (χ2v) is 7.18. The van der Waals surface area contributed by atoms with Crippen molar-refractivity contribution in [1.29, 1.82) is 0 Å². The van der Waals surface area contributed by atoms with Crippen LogP contribution >= 0.6 is 47.2 Å². The molecule has 1 heterocycles. The van der Waals surface area contributed by atoms with Gasteiger partial charge in [-0.15, -0.1) is 0 Å². The van der Waals surface area contributed by atoms with Gasteiger partial charge in [0.2, 0.25) is 0 Å². The highest BCUT2D eigenvalue weighted by Crippen LogP contribution is 2.37. The average Bonchev–Trinajstić information content (AvgIpc) is 2.76. The summed E-state index contributed by atoms with van der Waals surface area (Å²) in [6.07, 6.45) is 1.65. The van der Waals surface area contributed by atoms with Crippen LogP contribution in [0.2, 0.25) is 10.0 Å². The molecular weight excluding hydrogens is 376 g/mol. The normalized spacial score (nSPS) is 16.5. The van der Waals surface area contributed by atoms with E-state index in [1.165, 1.54) is 23.1 Å². The molecule has 2 aromatic rings. The van der Waals surface area contributed by atoms with Gasteiger partial charge in [-0.3, -0.25) is 9.69 Å². The predicted molar refractivity (Wildman–Crippen MR) is 98.5 cm³/mol. The van der Waals surface area contributed by atoms with Crippen LogP contribution in [0.3, 0.4) is 0 Å². The first-order valence-corrected chi connectivity index (χ1v) is 8.42. The SMILES string of the molecule is O=C1/C(=C\c2ccc(Cl)cc2Cl)SC(=S)N1c1cccc(F)c1. The Bertz CT molecular complexity index is 854. The highest BCUT2D eigenvalue weighted by Gasteiger charge is 2.33. The third-order valence-corrected chi connectivity index (χ3v) is 4.97. The lowest BCUT2D eigenvalue weighted by atomic mass is 10.2. The van der Waals surface area contributed by atoms with Crippen molar-refractivity contribution in [2.75, 3.05) is 4.90 Å². The number of rotatable bonds is 2. The van der Waals surface area contributed by atoms with E-state index < -0.39 is 5.82 Å². The van der Waals surface area contributed by atoms with Crippen LogP contribution < -0.4 is 4.90 Å². The van der Waals surface area contributed by atoms with Gasteiger partial charge < -0.3 is 0 Å². The Kier molecular flexibility index (Phi) is 4.73. The number of benzene rings is 2. The van der Waals surface area contributed by atoms with Gasteiger partial charge in [-0.2, -0.15) is 0 Å². The van der Waals surface area contributed by atoms with Crippen molar-refractivity contribution in [2.45, 2.75) is 0 Å². The Balaban J connectivity index is 1.96. The molecule has 3 rings (SSSR count). The fraction of sp³-hybridized carbons (Fsp3) is 0. The third kappa shape index (κ3) is 3.43. The standard InChI is InChI=1S/C16H8Cl2FNOS2/c17-10-5-4-9(13(18)7-10)6-14-15(21)20(16(22)23-14)12-3-1-2-11(19)8-12/h1-8H/b14-6+. The summed E-state index contributed by atoms with van der Waals surface area (Å²) < 4.78 is 13.7. The van der Waals surface area contributed by atoms with Crippen LogP contribution in [0.15, 0.2) is 47.4 Å². The van der Waals surface area contributed by atoms with Crippen molar-refractivity contribution in [3.8, 4) is 0 Å². The zero-order valence-electron chi connectivity index (χ0n) is 11.4. The minimum absolute atomic E-state index is 0.309. The lowest BCUT2D eigenvalue weighted by Gasteiger charge is -2.14. The van der Waals surface area contributed by atoms with E-state index >= 15 is 0 Å². The first kappa shape index (κ1) is 16.5. The predicted octanol–water partition coefficient (Wildman–Crippen LogP) is 5.54. The van der Waals surface area contributed by atoms with Crippen LogP contribution in [-0.2, 0) is 4.79 Å². The Hall–Kier alpha value is -1.40. The van der Waals surface area contributed by atoms with Crippen LogP contribution in [0.5, 0.6) is 0 Å². The van der Waals surface area contributed by atoms with Crippen molar-refractivity contribution in [3.63, 3.8) is 0 Å². The van der Waals surface area contributed by atoms with Crippen molar-refractivity contribution in [2.24, 2.45) is 0 Å². The van der Waals surface area contributed by atoms with E-state index in [0.29, 0.717) is 30.5 Å². The van der Waals surface area contributed by atoms with Crippen LogP contribution in [0.4, 0.5) is 10.1 Å². The van der Waals surface area contributed by atoms with Gasteiger partial charge in [0.15, 0.2) is 4.32 Å². The molecule has 1 aliphatic heterocycles. The first-order chi connectivity index (χ1) is 11.0. The number of thioether (sulfide) groups is 1. The number of thiocarbonyl (C=S) groups is 1. The van der Waals surface area contributed by atoms with Gasteiger partial charge in [0.05, 0.1) is 10.6 Å². The van der Waals surface area contributed by atoms with E-state index in [9.17, 15) is 9.18 Å². The number of halogens is 3. The molecule has 1 saturated heterocycles. The first-order valence-electron chi connectivity index (χ1n) is 6.44. The molecule has 1 amide bonds. The van der Waals surface area contributed by atoms with Crippen molar-refractivity contribution >= 4 is 69.2 Å². The summed E-state index contributed by atoms with van der Waals surface area (Å²) in [6.45, 7) is 0. The molecule has 23 heavy (non-hydrogen) atoms. The third-order valence-electron chi connectivity index (χ3n) is 3.11. The molecule has 0 aromatic heterocycles. The lowest BCUT2D eigenvalue weighted by Crippen LogP contribution is -2.27. The highest BCUT2D eigenvalue weighted by molar-refractivity contribution is 8.27. The summed E-state index contributed by atoms with van der Waals surface area (Å²) >= 11 is 18.4. The van der Waals surface area contributed by atoms with E-state index in [2.05, 4.69) is 0 Å². The fourth-order valence-electron chi connectivity index (χ4n) is 2.07. The number of nitrogens with zero attached hydrogens (tertiary/aromatic N) is 1. The van der Waals surface area contributed by atoms with E-state index in [4.69, 9.17) is 35.4 Å². The van der Waals surface area contributed by atoms with Crippen molar-refractivity contribution < 1.29 is 9.18 Å². The molecule has 0 spiro atoms. The minimum Gasteiger partial charge on any atom is -0.268 e. The van der Waals surface area contributed by atoms with Gasteiger partial charge in [0.25, 0.3) is 5.91 Å². The molecule has 0 N–H and O–H groups in total. The summed E-state index contributed by atoms with van der Waals surface area (Å²) in [5.74, 6) is -0.738. The summed E-state index contributed by atoms with van der Waals surface area (Å²) in [7, 11) is 0. The molecule has 2 nitrogen and oxygen atoms in total. The number of hydrogen-bond acceptors (Lipinski definition) is 3. The molecule has 2 aromatic carbocycles. The molecule has 0 aliphatic carbocycles. The van der Waals surface area contributed by atoms with Gasteiger partial charge in [-0.05, 0) is 42.0 Å². The maximum absolute atomic E-state index is 13.4. The molecule has 0 unspecified atom stereocenters. The van der Waals surface area contributed by atoms with Crippen molar-refractivity contribution in [3.05, 3.63) is 68.8 Å². The molecule has 1 aliphatic rings. The largest absolute Gasteiger partial charge is 0.270 e. The molecule has 116 valence electrons. The average molecular weight is 384 g/mol. The maximum atomic E-state index is 13.4. The van der Waals surface area contributed by atoms with E-state index in [1.54, 1.807) is 30.3 Å². The summed E-state index contributed by atoms with van der Waals surface area (Å²) in [5, 5.41) is 0.952. The molecule has 0 atom stereocenters. The van der Waals surface area contributed by atoms with Gasteiger partial charge in [-0.1, -0.05) is 59.3 Å². The molecule has 0 radical (unpaired) electrons. The Morgan fingerprint density at radius 3 is 2.65 bits per heavy atom. The molecule has 0 saturated carbocycles. The second-order valence-electron chi connectivity index (χ2n) is 4.66. The van der Waals surface area contributed by atoms with E-state index in [1.807, 2.05) is 0 Å². The number of hydrogen-bond donors (Lipinski definition) is 0. The summed E-state index contributed by atoms with van der Waals surface area (Å²) in [6, 6.07) is 10.7. The maximum Gasteiger partial charge on any atom is 0.270 e. The zero-order chi connectivity index (χ0) is 16.6. The fourth-order valence-corrected chi connectivity index (χ4v) is 3.82. The number of carbonyl (C=O) groups is 1. The number of carbonyl (C=O) groups excluding carboxylic acids is 1. The van der Waals surface area contributed by atoms with Gasteiger partial charge in [0.1, 0.15) is 5.82 Å². The second kappa shape index (κ2) is 6.61. The van der Waals surface area contributed by atoms with Gasteiger partial charge in [0, 0.05) is 10.0 Å². The Morgan fingerprint density at radius 2 is 1.96 bits per heavy atom.